The molecule has 198 valence electrons. The number of likely N-dealkylation sites (N-methyl/N-ethyl adjacent to an activating group) is 1. The summed E-state index contributed by atoms with van der Waals surface area (Å²) < 4.78 is 5.21. The van der Waals surface area contributed by atoms with Gasteiger partial charge in [-0.2, -0.15) is 0 Å². The summed E-state index contributed by atoms with van der Waals surface area (Å²) in [7, 11) is 1.68. The fourth-order valence-electron chi connectivity index (χ4n) is 3.64. The van der Waals surface area contributed by atoms with Crippen molar-refractivity contribution in [2.24, 2.45) is 4.99 Å². The molecule has 1 aliphatic rings. The highest BCUT2D eigenvalue weighted by molar-refractivity contribution is 7.80. The number of ether oxygens (including phenoxy) is 1. The van der Waals surface area contributed by atoms with Crippen LogP contribution < -0.4 is 20.9 Å². The molecule has 0 aromatic heterocycles. The van der Waals surface area contributed by atoms with Gasteiger partial charge in [0.1, 0.15) is 5.60 Å². The fraction of sp³-hybridized carbons (Fsp3) is 0.385. The van der Waals surface area contributed by atoms with Crippen molar-refractivity contribution in [3.8, 4) is 0 Å². The lowest BCUT2D eigenvalue weighted by atomic mass is 10.00. The molecule has 2 aromatic rings. The number of alkyl carbamates (subject to hydrolysis) is 1. The van der Waals surface area contributed by atoms with Crippen molar-refractivity contribution >= 4 is 63.9 Å². The second-order valence-electron chi connectivity index (χ2n) is 9.45. The lowest BCUT2D eigenvalue weighted by Gasteiger charge is -2.22. The van der Waals surface area contributed by atoms with Crippen LogP contribution in [-0.2, 0) is 9.53 Å². The third-order valence-corrected chi connectivity index (χ3v) is 6.18. The summed E-state index contributed by atoms with van der Waals surface area (Å²) >= 11 is 18.2. The molecule has 3 N–H and O–H groups in total. The van der Waals surface area contributed by atoms with Crippen LogP contribution in [0.4, 0.5) is 10.5 Å². The minimum Gasteiger partial charge on any atom is -0.444 e. The number of thiocarbonyl (C=S) groups is 1. The normalized spacial score (nSPS) is 15.3. The quantitative estimate of drug-likeness (QED) is 0.327. The summed E-state index contributed by atoms with van der Waals surface area (Å²) in [6, 6.07) is 12.6. The van der Waals surface area contributed by atoms with Gasteiger partial charge in [0.2, 0.25) is 6.17 Å². The zero-order valence-electron chi connectivity index (χ0n) is 21.2. The molecule has 0 bridgehead atoms. The molecule has 0 saturated carbocycles. The van der Waals surface area contributed by atoms with Crippen molar-refractivity contribution in [3.63, 3.8) is 0 Å². The topological polar surface area (TPSA) is 95.1 Å². The predicted octanol–water partition coefficient (Wildman–Crippen LogP) is 4.90. The molecular formula is C26H31Cl2N5O3S. The van der Waals surface area contributed by atoms with E-state index in [2.05, 4.69) is 16.0 Å². The SMILES string of the molecule is CN1C(=O)C(NC(=S)NCCCCNC(=O)OC(C)(C)C)N=C(c2ccccc2Cl)c2cc(Cl)ccc21. The van der Waals surface area contributed by atoms with Crippen LogP contribution in [0.1, 0.15) is 44.7 Å². The third kappa shape index (κ3) is 8.05. The maximum Gasteiger partial charge on any atom is 0.407 e. The Labute approximate surface area is 232 Å². The summed E-state index contributed by atoms with van der Waals surface area (Å²) in [5, 5.41) is 10.1. The molecule has 0 saturated heterocycles. The Balaban J connectivity index is 1.66. The molecule has 0 spiro atoms. The maximum atomic E-state index is 13.3. The van der Waals surface area contributed by atoms with Crippen LogP contribution in [0.15, 0.2) is 47.5 Å². The molecule has 2 amide bonds. The third-order valence-electron chi connectivity index (χ3n) is 5.35. The number of anilines is 1. The number of benzene rings is 2. The first kappa shape index (κ1) is 28.7. The second kappa shape index (κ2) is 12.6. The number of carbonyl (C=O) groups is 2. The predicted molar refractivity (Wildman–Crippen MR) is 153 cm³/mol. The Morgan fingerprint density at radius 3 is 2.43 bits per heavy atom. The number of nitrogens with zero attached hydrogens (tertiary/aromatic N) is 2. The summed E-state index contributed by atoms with van der Waals surface area (Å²) in [5.74, 6) is -0.281. The van der Waals surface area contributed by atoms with Gasteiger partial charge in [-0.3, -0.25) is 4.79 Å². The number of aliphatic imine (C=N–C) groups is 1. The van der Waals surface area contributed by atoms with E-state index in [-0.39, 0.29) is 11.0 Å². The summed E-state index contributed by atoms with van der Waals surface area (Å²) in [4.78, 5) is 31.3. The van der Waals surface area contributed by atoms with Crippen molar-refractivity contribution in [2.75, 3.05) is 25.0 Å². The molecule has 1 unspecified atom stereocenters. The minimum absolute atomic E-state index is 0.281. The van der Waals surface area contributed by atoms with E-state index < -0.39 is 17.9 Å². The van der Waals surface area contributed by atoms with Crippen LogP contribution in [0.2, 0.25) is 10.0 Å². The van der Waals surface area contributed by atoms with Crippen LogP contribution in [0.25, 0.3) is 0 Å². The standard InChI is InChI=1S/C26H31Cl2N5O3S/c1-26(2,3)36-25(35)30-14-8-7-13-29-24(37)32-22-23(34)33(4)20-12-11-16(27)15-18(20)21(31-22)17-9-5-6-10-19(17)28/h5-6,9-12,15,22H,7-8,13-14H2,1-4H3,(H,30,35)(H2,29,32,37). The fourth-order valence-corrected chi connectivity index (χ4v) is 4.25. The van der Waals surface area contributed by atoms with E-state index in [0.717, 1.165) is 12.8 Å². The molecule has 1 atom stereocenters. The van der Waals surface area contributed by atoms with E-state index in [1.54, 1.807) is 31.3 Å². The van der Waals surface area contributed by atoms with Crippen LogP contribution in [0.5, 0.6) is 0 Å². The average Bonchev–Trinajstić information content (AvgIpc) is 2.91. The Bertz CT molecular complexity index is 1200. The molecule has 0 radical (unpaired) electrons. The largest absolute Gasteiger partial charge is 0.444 e. The molecular weight excluding hydrogens is 533 g/mol. The average molecular weight is 565 g/mol. The van der Waals surface area contributed by atoms with Crippen LogP contribution in [-0.4, -0.2) is 54.7 Å². The first-order valence-electron chi connectivity index (χ1n) is 11.9. The number of benzodiazepines with no additional fused rings is 1. The first-order valence-corrected chi connectivity index (χ1v) is 13.0. The van der Waals surface area contributed by atoms with Gasteiger partial charge >= 0.3 is 6.09 Å². The Morgan fingerprint density at radius 1 is 1.08 bits per heavy atom. The number of carbonyl (C=O) groups excluding carboxylic acids is 2. The van der Waals surface area contributed by atoms with Crippen LogP contribution in [0.3, 0.4) is 0 Å². The van der Waals surface area contributed by atoms with Gasteiger partial charge in [-0.25, -0.2) is 9.79 Å². The maximum absolute atomic E-state index is 13.3. The van der Waals surface area contributed by atoms with E-state index in [1.165, 1.54) is 4.90 Å². The first-order chi connectivity index (χ1) is 17.5. The highest BCUT2D eigenvalue weighted by Gasteiger charge is 2.31. The molecule has 3 rings (SSSR count). The molecule has 8 nitrogen and oxygen atoms in total. The van der Waals surface area contributed by atoms with Gasteiger partial charge in [0.05, 0.1) is 11.4 Å². The van der Waals surface area contributed by atoms with E-state index in [0.29, 0.717) is 45.7 Å². The molecule has 11 heteroatoms. The van der Waals surface area contributed by atoms with Gasteiger partial charge in [0.25, 0.3) is 5.91 Å². The summed E-state index contributed by atoms with van der Waals surface area (Å²) in [5.41, 5.74) is 2.04. The van der Waals surface area contributed by atoms with E-state index in [4.69, 9.17) is 45.1 Å². The molecule has 37 heavy (non-hydrogen) atoms. The lowest BCUT2D eigenvalue weighted by molar-refractivity contribution is -0.119. The number of rotatable bonds is 7. The molecule has 2 aromatic carbocycles. The van der Waals surface area contributed by atoms with Crippen molar-refractivity contribution in [3.05, 3.63) is 63.6 Å². The Morgan fingerprint density at radius 2 is 1.76 bits per heavy atom. The van der Waals surface area contributed by atoms with Gasteiger partial charge in [-0.1, -0.05) is 41.4 Å². The van der Waals surface area contributed by atoms with Gasteiger partial charge in [-0.15, -0.1) is 0 Å². The van der Waals surface area contributed by atoms with E-state index in [9.17, 15) is 9.59 Å². The van der Waals surface area contributed by atoms with Gasteiger partial charge < -0.3 is 25.6 Å². The number of amides is 2. The molecule has 0 aliphatic carbocycles. The molecule has 1 heterocycles. The zero-order valence-corrected chi connectivity index (χ0v) is 23.6. The highest BCUT2D eigenvalue weighted by Crippen LogP contribution is 2.31. The van der Waals surface area contributed by atoms with E-state index in [1.807, 2.05) is 39.0 Å². The smallest absolute Gasteiger partial charge is 0.407 e. The number of fused-ring (bicyclic) bond motifs is 1. The van der Waals surface area contributed by atoms with Crippen LogP contribution >= 0.6 is 35.4 Å². The molecule has 1 aliphatic heterocycles. The van der Waals surface area contributed by atoms with Crippen molar-refractivity contribution in [2.45, 2.75) is 45.4 Å². The minimum atomic E-state index is -0.976. The summed E-state index contributed by atoms with van der Waals surface area (Å²) in [6.07, 6.45) is 0.0540. The second-order valence-corrected chi connectivity index (χ2v) is 10.7. The Kier molecular flexibility index (Phi) is 9.75. The monoisotopic (exact) mass is 563 g/mol. The number of halogens is 2. The van der Waals surface area contributed by atoms with Crippen molar-refractivity contribution < 1.29 is 14.3 Å². The van der Waals surface area contributed by atoms with Crippen LogP contribution in [0, 0.1) is 0 Å². The number of unbranched alkanes of at least 4 members (excludes halogenated alkanes) is 1. The number of hydrogen-bond donors (Lipinski definition) is 3. The van der Waals surface area contributed by atoms with Gasteiger partial charge in [0.15, 0.2) is 5.11 Å². The Hall–Kier alpha value is -2.88. The van der Waals surface area contributed by atoms with Gasteiger partial charge in [0, 0.05) is 41.3 Å². The lowest BCUT2D eigenvalue weighted by Crippen LogP contribution is -2.49. The number of nitrogens with one attached hydrogen (secondary N) is 3. The van der Waals surface area contributed by atoms with E-state index >= 15 is 0 Å². The van der Waals surface area contributed by atoms with Crippen molar-refractivity contribution in [1.82, 2.24) is 16.0 Å². The highest BCUT2D eigenvalue weighted by atomic mass is 35.5. The molecule has 0 fully saturated rings. The van der Waals surface area contributed by atoms with Gasteiger partial charge in [-0.05, 0) is 70.1 Å². The zero-order chi connectivity index (χ0) is 27.2. The number of hydrogen-bond acceptors (Lipinski definition) is 5. The summed E-state index contributed by atoms with van der Waals surface area (Å²) in [6.45, 7) is 6.48. The van der Waals surface area contributed by atoms with Crippen molar-refractivity contribution in [1.29, 1.82) is 0 Å².